The van der Waals surface area contributed by atoms with Gasteiger partial charge < -0.3 is 28.7 Å². The van der Waals surface area contributed by atoms with Gasteiger partial charge in [-0.1, -0.05) is 0 Å². The van der Waals surface area contributed by atoms with Crippen LogP contribution >= 0.6 is 15.2 Å². The molecule has 180 valence electrons. The van der Waals surface area contributed by atoms with E-state index in [0.29, 0.717) is 26.4 Å². The Morgan fingerprint density at radius 2 is 0.867 bits per heavy atom. The van der Waals surface area contributed by atoms with Crippen LogP contribution in [0.25, 0.3) is 0 Å². The molecule has 0 aromatic carbocycles. The minimum atomic E-state index is -3.11. The van der Waals surface area contributed by atoms with Crippen LogP contribution in [0.15, 0.2) is 0 Å². The summed E-state index contributed by atoms with van der Waals surface area (Å²) in [5.41, 5.74) is 0. The van der Waals surface area contributed by atoms with E-state index >= 15 is 0 Å². The van der Waals surface area contributed by atoms with Crippen molar-refractivity contribution in [1.29, 1.82) is 0 Å². The maximum absolute atomic E-state index is 12.9. The van der Waals surface area contributed by atoms with Gasteiger partial charge in [0.05, 0.1) is 26.4 Å². The molecular weight excluding hydrogens is 430 g/mol. The van der Waals surface area contributed by atoms with Gasteiger partial charge >= 0.3 is 15.2 Å². The highest BCUT2D eigenvalue weighted by Gasteiger charge is 2.28. The van der Waals surface area contributed by atoms with Crippen LogP contribution in [0.1, 0.15) is 27.7 Å². The Morgan fingerprint density at radius 3 is 1.10 bits per heavy atom. The van der Waals surface area contributed by atoms with E-state index in [1.165, 1.54) is 0 Å². The normalized spacial score (nSPS) is 19.3. The van der Waals surface area contributed by atoms with Crippen LogP contribution in [0.5, 0.6) is 0 Å². The summed E-state index contributed by atoms with van der Waals surface area (Å²) in [5.74, 6) is 0. The first-order valence-electron chi connectivity index (χ1n) is 11.0. The van der Waals surface area contributed by atoms with Crippen LogP contribution in [-0.4, -0.2) is 101 Å². The van der Waals surface area contributed by atoms with Crippen molar-refractivity contribution in [2.45, 2.75) is 27.7 Å². The van der Waals surface area contributed by atoms with E-state index in [4.69, 9.17) is 18.1 Å². The molecular formula is C18H42N4O6P2. The van der Waals surface area contributed by atoms with Gasteiger partial charge in [-0.2, -0.15) is 0 Å². The van der Waals surface area contributed by atoms with E-state index in [0.717, 1.165) is 52.4 Å². The van der Waals surface area contributed by atoms with E-state index in [2.05, 4.69) is 20.4 Å². The van der Waals surface area contributed by atoms with Crippen molar-refractivity contribution in [2.24, 2.45) is 0 Å². The second-order valence-corrected chi connectivity index (χ2v) is 11.0. The molecule has 12 heteroatoms. The minimum Gasteiger partial charge on any atom is -0.314 e. The quantitative estimate of drug-likeness (QED) is 0.411. The van der Waals surface area contributed by atoms with Gasteiger partial charge in [0.1, 0.15) is 12.6 Å². The van der Waals surface area contributed by atoms with Gasteiger partial charge in [0.25, 0.3) is 0 Å². The Hall–Kier alpha value is 0.140. The summed E-state index contributed by atoms with van der Waals surface area (Å²) < 4.78 is 47.5. The van der Waals surface area contributed by atoms with Gasteiger partial charge in [-0.05, 0) is 27.7 Å². The Kier molecular flexibility index (Phi) is 14.9. The molecule has 0 aromatic rings. The number of hydrogen-bond donors (Lipinski definition) is 2. The summed E-state index contributed by atoms with van der Waals surface area (Å²) >= 11 is 0. The average molecular weight is 473 g/mol. The summed E-state index contributed by atoms with van der Waals surface area (Å²) in [6.45, 7) is 14.7. The van der Waals surface area contributed by atoms with Crippen LogP contribution in [-0.2, 0) is 27.2 Å². The van der Waals surface area contributed by atoms with Gasteiger partial charge in [0.2, 0.25) is 0 Å². The second kappa shape index (κ2) is 15.9. The number of nitrogens with one attached hydrogen (secondary N) is 2. The van der Waals surface area contributed by atoms with E-state index in [9.17, 15) is 9.13 Å². The molecule has 0 spiro atoms. The Labute approximate surface area is 182 Å². The smallest absolute Gasteiger partial charge is 0.314 e. The zero-order chi connectivity index (χ0) is 22.3. The molecule has 0 bridgehead atoms. The minimum absolute atomic E-state index is 0.288. The zero-order valence-corrected chi connectivity index (χ0v) is 20.9. The molecule has 0 atom stereocenters. The molecule has 1 heterocycles. The molecule has 0 unspecified atom stereocenters. The summed E-state index contributed by atoms with van der Waals surface area (Å²) in [5, 5.41) is 6.83. The SMILES string of the molecule is CCOP(=O)(CN1CCNCCN(CP(=O)(OCC)OCC)CCNCC1)OCC. The largest absolute Gasteiger partial charge is 0.344 e. The van der Waals surface area contributed by atoms with Gasteiger partial charge in [0.15, 0.2) is 0 Å². The standard InChI is InChI=1S/C18H42N4O6P2/c1-5-25-29(23,26-6-2)17-21-13-9-19-11-15-22(16-12-20-10-14-21)18-30(24,27-7-3)28-8-4/h19-20H,5-18H2,1-4H3. The average Bonchev–Trinajstić information content (AvgIpc) is 2.66. The fourth-order valence-electron chi connectivity index (χ4n) is 3.22. The molecule has 1 aliphatic rings. The topological polar surface area (TPSA) is 102 Å². The van der Waals surface area contributed by atoms with Crippen molar-refractivity contribution in [3.8, 4) is 0 Å². The van der Waals surface area contributed by atoms with Gasteiger partial charge in [-0.15, -0.1) is 0 Å². The fraction of sp³-hybridized carbons (Fsp3) is 1.00. The molecule has 1 fully saturated rings. The van der Waals surface area contributed by atoms with Crippen molar-refractivity contribution < 1.29 is 27.2 Å². The predicted molar refractivity (Wildman–Crippen MR) is 120 cm³/mol. The zero-order valence-electron chi connectivity index (χ0n) is 19.1. The molecule has 30 heavy (non-hydrogen) atoms. The van der Waals surface area contributed by atoms with E-state index < -0.39 is 15.2 Å². The Morgan fingerprint density at radius 1 is 0.600 bits per heavy atom. The number of hydrogen-bond acceptors (Lipinski definition) is 10. The molecule has 0 aliphatic carbocycles. The second-order valence-electron chi connectivity index (χ2n) is 6.91. The van der Waals surface area contributed by atoms with E-state index in [1.54, 1.807) is 0 Å². The van der Waals surface area contributed by atoms with Crippen molar-refractivity contribution in [3.63, 3.8) is 0 Å². The first kappa shape index (κ1) is 28.2. The number of rotatable bonds is 12. The highest BCUT2D eigenvalue weighted by atomic mass is 31.2. The van der Waals surface area contributed by atoms with E-state index in [1.807, 2.05) is 27.7 Å². The van der Waals surface area contributed by atoms with E-state index in [-0.39, 0.29) is 12.6 Å². The van der Waals surface area contributed by atoms with Gasteiger partial charge in [-0.3, -0.25) is 18.9 Å². The highest BCUT2D eigenvalue weighted by Crippen LogP contribution is 2.49. The maximum Gasteiger partial charge on any atom is 0.344 e. The first-order valence-corrected chi connectivity index (χ1v) is 14.5. The van der Waals surface area contributed by atoms with Gasteiger partial charge in [-0.25, -0.2) is 0 Å². The molecule has 2 N–H and O–H groups in total. The molecule has 0 aromatic heterocycles. The monoisotopic (exact) mass is 472 g/mol. The molecule has 1 aliphatic heterocycles. The Balaban J connectivity index is 2.60. The van der Waals surface area contributed by atoms with Crippen molar-refractivity contribution in [2.75, 3.05) is 91.4 Å². The predicted octanol–water partition coefficient (Wildman–Crippen LogP) is 2.23. The summed E-state index contributed by atoms with van der Waals surface area (Å²) in [4.78, 5) is 4.23. The lowest BCUT2D eigenvalue weighted by molar-refractivity contribution is 0.190. The molecule has 1 saturated heterocycles. The lowest BCUT2D eigenvalue weighted by Crippen LogP contribution is -2.43. The van der Waals surface area contributed by atoms with Crippen molar-refractivity contribution >= 4 is 15.2 Å². The van der Waals surface area contributed by atoms with Crippen LogP contribution < -0.4 is 10.6 Å². The lowest BCUT2D eigenvalue weighted by atomic mass is 10.4. The third kappa shape index (κ3) is 11.7. The lowest BCUT2D eigenvalue weighted by Gasteiger charge is -2.29. The van der Waals surface area contributed by atoms with Crippen LogP contribution in [0, 0.1) is 0 Å². The molecule has 0 saturated carbocycles. The van der Waals surface area contributed by atoms with Crippen LogP contribution in [0.2, 0.25) is 0 Å². The van der Waals surface area contributed by atoms with Crippen LogP contribution in [0.3, 0.4) is 0 Å². The van der Waals surface area contributed by atoms with Crippen molar-refractivity contribution in [1.82, 2.24) is 20.4 Å². The van der Waals surface area contributed by atoms with Crippen LogP contribution in [0.4, 0.5) is 0 Å². The number of nitrogens with zero attached hydrogens (tertiary/aromatic N) is 2. The van der Waals surface area contributed by atoms with Gasteiger partial charge in [0, 0.05) is 52.4 Å². The third-order valence-electron chi connectivity index (χ3n) is 4.47. The maximum atomic E-state index is 12.9. The fourth-order valence-corrected chi connectivity index (χ4v) is 6.81. The van der Waals surface area contributed by atoms with Crippen molar-refractivity contribution in [3.05, 3.63) is 0 Å². The third-order valence-corrected chi connectivity index (χ3v) is 8.57. The summed E-state index contributed by atoms with van der Waals surface area (Å²) in [6, 6.07) is 0. The summed E-state index contributed by atoms with van der Waals surface area (Å²) in [7, 11) is -6.22. The molecule has 0 amide bonds. The molecule has 1 rings (SSSR count). The molecule has 0 radical (unpaired) electrons. The highest BCUT2D eigenvalue weighted by molar-refractivity contribution is 7.54. The molecule has 10 nitrogen and oxygen atoms in total. The first-order chi connectivity index (χ1) is 14.4. The summed E-state index contributed by atoms with van der Waals surface area (Å²) in [6.07, 6.45) is 0.576. The Bertz CT molecular complexity index is 465.